The lowest BCUT2D eigenvalue weighted by Gasteiger charge is -2.01. The topological polar surface area (TPSA) is 0 Å². The summed E-state index contributed by atoms with van der Waals surface area (Å²) in [4.78, 5) is 0. The summed E-state index contributed by atoms with van der Waals surface area (Å²) in [6, 6.07) is 19.6. The van der Waals surface area contributed by atoms with Gasteiger partial charge < -0.3 is 0 Å². The van der Waals surface area contributed by atoms with Gasteiger partial charge in [0.05, 0.1) is 0 Å². The van der Waals surface area contributed by atoms with Crippen molar-refractivity contribution in [3.63, 3.8) is 0 Å². The predicted molar refractivity (Wildman–Crippen MR) is 70.7 cm³/mol. The van der Waals surface area contributed by atoms with Gasteiger partial charge in [0, 0.05) is 4.47 Å². The van der Waals surface area contributed by atoms with Crippen LogP contribution in [0.3, 0.4) is 0 Å². The van der Waals surface area contributed by atoms with E-state index in [0.29, 0.717) is 0 Å². The van der Waals surface area contributed by atoms with Crippen LogP contribution in [0, 0.1) is 0 Å². The Labute approximate surface area is 104 Å². The summed E-state index contributed by atoms with van der Waals surface area (Å²) in [6.45, 7) is 0. The minimum atomic E-state index is 0.732. The number of rotatable bonds is 2. The molecule has 0 saturated heterocycles. The third kappa shape index (κ3) is 1.92. The van der Waals surface area contributed by atoms with Gasteiger partial charge in [-0.25, -0.2) is 0 Å². The number of hydrogen-bond acceptors (Lipinski definition) is 0. The molecular weight excluding hydrogens is 260 g/mol. The second-order valence-electron chi connectivity index (χ2n) is 4.41. The molecule has 2 aromatic carbocycles. The number of hydrogen-bond donors (Lipinski definition) is 0. The van der Waals surface area contributed by atoms with Gasteiger partial charge >= 0.3 is 0 Å². The van der Waals surface area contributed by atoms with Crippen LogP contribution >= 0.6 is 15.9 Å². The van der Waals surface area contributed by atoms with Crippen molar-refractivity contribution in [2.75, 3.05) is 0 Å². The molecule has 0 radical (unpaired) electrons. The maximum atomic E-state index is 3.48. The van der Waals surface area contributed by atoms with Crippen molar-refractivity contribution < 1.29 is 0 Å². The molecule has 2 aromatic rings. The lowest BCUT2D eigenvalue weighted by Crippen LogP contribution is -1.83. The fraction of sp³-hybridized carbons (Fsp3) is 0.200. The van der Waals surface area contributed by atoms with Crippen LogP contribution < -0.4 is 0 Å². The third-order valence-corrected chi connectivity index (χ3v) is 3.84. The van der Waals surface area contributed by atoms with E-state index < -0.39 is 0 Å². The van der Waals surface area contributed by atoms with Gasteiger partial charge in [-0.1, -0.05) is 58.4 Å². The van der Waals surface area contributed by atoms with E-state index in [9.17, 15) is 0 Å². The zero-order valence-corrected chi connectivity index (χ0v) is 10.5. The first-order valence-electron chi connectivity index (χ1n) is 5.65. The summed E-state index contributed by atoms with van der Waals surface area (Å²) in [6.07, 6.45) is 1.30. The molecular formula is C15H13Br. The number of halogens is 1. The fourth-order valence-electron chi connectivity index (χ4n) is 2.34. The normalized spacial score (nSPS) is 23.1. The molecule has 2 atom stereocenters. The van der Waals surface area contributed by atoms with Gasteiger partial charge in [-0.2, -0.15) is 0 Å². The standard InChI is InChI=1S/C15H13Br/c16-13-8-6-12(7-9-13)15-10-14(15)11-4-2-1-3-5-11/h1-9,14-15H,10H2. The van der Waals surface area contributed by atoms with Crippen molar-refractivity contribution in [3.05, 3.63) is 70.2 Å². The zero-order valence-electron chi connectivity index (χ0n) is 8.94. The molecule has 16 heavy (non-hydrogen) atoms. The molecule has 0 nitrogen and oxygen atoms in total. The van der Waals surface area contributed by atoms with Crippen molar-refractivity contribution in [3.8, 4) is 0 Å². The molecule has 80 valence electrons. The Hall–Kier alpha value is -1.08. The second kappa shape index (κ2) is 4.06. The highest BCUT2D eigenvalue weighted by Crippen LogP contribution is 2.54. The fourth-order valence-corrected chi connectivity index (χ4v) is 2.61. The van der Waals surface area contributed by atoms with Gasteiger partial charge in [0.25, 0.3) is 0 Å². The van der Waals surface area contributed by atoms with Gasteiger partial charge in [-0.15, -0.1) is 0 Å². The monoisotopic (exact) mass is 272 g/mol. The largest absolute Gasteiger partial charge is 0.0622 e. The highest BCUT2D eigenvalue weighted by atomic mass is 79.9. The molecule has 0 aliphatic heterocycles. The molecule has 1 aliphatic rings. The van der Waals surface area contributed by atoms with E-state index in [2.05, 4.69) is 70.5 Å². The van der Waals surface area contributed by atoms with Crippen LogP contribution in [-0.2, 0) is 0 Å². The zero-order chi connectivity index (χ0) is 11.0. The first-order chi connectivity index (χ1) is 7.84. The van der Waals surface area contributed by atoms with E-state index >= 15 is 0 Å². The van der Waals surface area contributed by atoms with Gasteiger partial charge in [0.15, 0.2) is 0 Å². The lowest BCUT2D eigenvalue weighted by molar-refractivity contribution is 1.03. The molecule has 1 fully saturated rings. The molecule has 0 heterocycles. The highest BCUT2D eigenvalue weighted by Gasteiger charge is 2.38. The second-order valence-corrected chi connectivity index (χ2v) is 5.33. The van der Waals surface area contributed by atoms with E-state index in [1.165, 1.54) is 17.5 Å². The predicted octanol–water partition coefficient (Wildman–Crippen LogP) is 4.72. The Balaban J connectivity index is 1.79. The molecule has 1 saturated carbocycles. The van der Waals surface area contributed by atoms with Crippen LogP contribution in [0.5, 0.6) is 0 Å². The SMILES string of the molecule is Brc1ccc(C2CC2c2ccccc2)cc1. The van der Waals surface area contributed by atoms with Crippen molar-refractivity contribution >= 4 is 15.9 Å². The van der Waals surface area contributed by atoms with E-state index in [-0.39, 0.29) is 0 Å². The third-order valence-electron chi connectivity index (χ3n) is 3.32. The maximum Gasteiger partial charge on any atom is 0.0175 e. The Morgan fingerprint density at radius 1 is 0.750 bits per heavy atom. The minimum Gasteiger partial charge on any atom is -0.0622 e. The van der Waals surface area contributed by atoms with Crippen LogP contribution in [0.1, 0.15) is 29.4 Å². The molecule has 2 unspecified atom stereocenters. The first-order valence-corrected chi connectivity index (χ1v) is 6.44. The molecule has 1 aliphatic carbocycles. The van der Waals surface area contributed by atoms with Gasteiger partial charge in [-0.3, -0.25) is 0 Å². The number of benzene rings is 2. The summed E-state index contributed by atoms with van der Waals surface area (Å²) in [5, 5.41) is 0. The van der Waals surface area contributed by atoms with Crippen LogP contribution in [0.25, 0.3) is 0 Å². The van der Waals surface area contributed by atoms with E-state index in [4.69, 9.17) is 0 Å². The average Bonchev–Trinajstić information content (AvgIpc) is 3.11. The molecule has 0 amide bonds. The highest BCUT2D eigenvalue weighted by molar-refractivity contribution is 9.10. The summed E-state index contributed by atoms with van der Waals surface area (Å²) >= 11 is 3.48. The van der Waals surface area contributed by atoms with Crippen LogP contribution in [0.2, 0.25) is 0 Å². The van der Waals surface area contributed by atoms with E-state index in [1.54, 1.807) is 0 Å². The molecule has 0 bridgehead atoms. The smallest absolute Gasteiger partial charge is 0.0175 e. The Morgan fingerprint density at radius 3 is 1.94 bits per heavy atom. The summed E-state index contributed by atoms with van der Waals surface area (Å²) in [5.74, 6) is 1.47. The van der Waals surface area contributed by atoms with Crippen molar-refractivity contribution in [1.29, 1.82) is 0 Å². The molecule has 1 heteroatoms. The lowest BCUT2D eigenvalue weighted by atomic mass is 10.0. The van der Waals surface area contributed by atoms with Crippen LogP contribution in [-0.4, -0.2) is 0 Å². The van der Waals surface area contributed by atoms with E-state index in [1.807, 2.05) is 0 Å². The summed E-state index contributed by atoms with van der Waals surface area (Å²) < 4.78 is 1.16. The van der Waals surface area contributed by atoms with E-state index in [0.717, 1.165) is 16.3 Å². The Morgan fingerprint density at radius 2 is 1.31 bits per heavy atom. The summed E-state index contributed by atoms with van der Waals surface area (Å²) in [7, 11) is 0. The molecule has 0 spiro atoms. The summed E-state index contributed by atoms with van der Waals surface area (Å²) in [5.41, 5.74) is 2.95. The Kier molecular flexibility index (Phi) is 2.56. The average molecular weight is 273 g/mol. The molecule has 3 rings (SSSR count). The quantitative estimate of drug-likeness (QED) is 0.742. The molecule has 0 N–H and O–H groups in total. The maximum absolute atomic E-state index is 3.48. The molecule has 0 aromatic heterocycles. The van der Waals surface area contributed by atoms with Crippen molar-refractivity contribution in [2.45, 2.75) is 18.3 Å². The Bertz CT molecular complexity index is 473. The van der Waals surface area contributed by atoms with Crippen LogP contribution in [0.15, 0.2) is 59.1 Å². The van der Waals surface area contributed by atoms with Gasteiger partial charge in [-0.05, 0) is 41.5 Å². The van der Waals surface area contributed by atoms with Gasteiger partial charge in [0.1, 0.15) is 0 Å². The van der Waals surface area contributed by atoms with Gasteiger partial charge in [0.2, 0.25) is 0 Å². The minimum absolute atomic E-state index is 0.732. The van der Waals surface area contributed by atoms with Crippen molar-refractivity contribution in [1.82, 2.24) is 0 Å². The van der Waals surface area contributed by atoms with Crippen LogP contribution in [0.4, 0.5) is 0 Å². The first kappa shape index (κ1) is 10.1. The van der Waals surface area contributed by atoms with Crippen molar-refractivity contribution in [2.24, 2.45) is 0 Å².